The van der Waals surface area contributed by atoms with E-state index in [4.69, 9.17) is 14.2 Å². The van der Waals surface area contributed by atoms with E-state index in [1.807, 2.05) is 6.92 Å². The monoisotopic (exact) mass is 362 g/mol. The lowest BCUT2D eigenvalue weighted by atomic mass is 9.46. The third-order valence-electron chi connectivity index (χ3n) is 8.79. The van der Waals surface area contributed by atoms with Crippen molar-refractivity contribution in [3.05, 3.63) is 11.1 Å². The lowest BCUT2D eigenvalue weighted by Gasteiger charge is -2.54. The van der Waals surface area contributed by atoms with E-state index >= 15 is 0 Å². The highest BCUT2D eigenvalue weighted by Gasteiger charge is 2.92. The summed E-state index contributed by atoms with van der Waals surface area (Å²) in [6.45, 7) is 4.73. The molecule has 2 saturated heterocycles. The summed E-state index contributed by atoms with van der Waals surface area (Å²) < 4.78 is 18.1. The molecule has 0 bridgehead atoms. The van der Waals surface area contributed by atoms with Gasteiger partial charge < -0.3 is 24.4 Å². The molecule has 6 aliphatic rings. The largest absolute Gasteiger partial charge is 0.458 e. The standard InChI is InChI=1S/C20H26O6/c1-9(7-21)11-5-15-20(26-15)18(2)4-3-10-12(8-24-17(10)23)13(18)6-14-19(20,25-14)16(11)22/h9,11,13-16,21-22H,3-8H2,1-2H3/t9?,11?,13?,14-,15-,16+,18-,19+,20+/m0/s1. The molecule has 142 valence electrons. The molecule has 0 aromatic carbocycles. The molecule has 0 aromatic rings. The highest BCUT2D eigenvalue weighted by molar-refractivity contribution is 5.92. The molecule has 2 spiro atoms. The zero-order valence-electron chi connectivity index (χ0n) is 15.2. The van der Waals surface area contributed by atoms with Crippen LogP contribution in [-0.2, 0) is 19.0 Å². The minimum atomic E-state index is -0.628. The van der Waals surface area contributed by atoms with Gasteiger partial charge in [0.2, 0.25) is 0 Å². The van der Waals surface area contributed by atoms with Crippen molar-refractivity contribution in [2.45, 2.75) is 69.0 Å². The summed E-state index contributed by atoms with van der Waals surface area (Å²) in [6, 6.07) is 0. The molecule has 3 heterocycles. The SMILES string of the molecule is CC(CO)C1C[C@@H]2O[C@]23[C@]2(O[C@H]2CC2C4=C(CC[C@@]23C)C(=O)OC4)[C@@H]1O. The van der Waals surface area contributed by atoms with E-state index in [1.165, 1.54) is 0 Å². The lowest BCUT2D eigenvalue weighted by molar-refractivity contribution is -0.136. The number of cyclic esters (lactones) is 1. The minimum Gasteiger partial charge on any atom is -0.458 e. The van der Waals surface area contributed by atoms with Gasteiger partial charge in [-0.2, -0.15) is 0 Å². The average molecular weight is 362 g/mol. The first kappa shape index (κ1) is 16.0. The van der Waals surface area contributed by atoms with Gasteiger partial charge in [-0.05, 0) is 49.0 Å². The van der Waals surface area contributed by atoms with Crippen LogP contribution >= 0.6 is 0 Å². The summed E-state index contributed by atoms with van der Waals surface area (Å²) in [5.74, 6) is 0.100. The molecular weight excluding hydrogens is 336 g/mol. The van der Waals surface area contributed by atoms with Gasteiger partial charge in [0.25, 0.3) is 0 Å². The number of epoxide rings is 2. The van der Waals surface area contributed by atoms with Crippen LogP contribution in [0.1, 0.15) is 39.5 Å². The Morgan fingerprint density at radius 2 is 2.08 bits per heavy atom. The number of aliphatic hydroxyl groups is 2. The number of fused-ring (bicyclic) bond motifs is 2. The minimum absolute atomic E-state index is 0.000494. The Morgan fingerprint density at radius 3 is 2.85 bits per heavy atom. The molecule has 4 fully saturated rings. The number of rotatable bonds is 2. The number of carbonyl (C=O) groups is 1. The van der Waals surface area contributed by atoms with Crippen LogP contribution in [0.2, 0.25) is 0 Å². The predicted octanol–water partition coefficient (Wildman–Crippen LogP) is 0.944. The van der Waals surface area contributed by atoms with Gasteiger partial charge >= 0.3 is 5.97 Å². The number of carbonyl (C=O) groups excluding carboxylic acids is 1. The third kappa shape index (κ3) is 1.45. The zero-order chi connectivity index (χ0) is 18.1. The molecule has 3 unspecified atom stereocenters. The molecule has 3 aliphatic carbocycles. The smallest absolute Gasteiger partial charge is 0.334 e. The summed E-state index contributed by atoms with van der Waals surface area (Å²) in [6.07, 6.45) is 2.62. The van der Waals surface area contributed by atoms with Crippen molar-refractivity contribution in [3.63, 3.8) is 0 Å². The van der Waals surface area contributed by atoms with Crippen molar-refractivity contribution in [1.29, 1.82) is 0 Å². The summed E-state index contributed by atoms with van der Waals surface area (Å²) in [5.41, 5.74) is 0.792. The Morgan fingerprint density at radius 1 is 1.27 bits per heavy atom. The number of esters is 1. The third-order valence-corrected chi connectivity index (χ3v) is 8.79. The topological polar surface area (TPSA) is 91.8 Å². The van der Waals surface area contributed by atoms with Crippen LogP contribution in [-0.4, -0.2) is 58.9 Å². The van der Waals surface area contributed by atoms with Crippen LogP contribution in [0.3, 0.4) is 0 Å². The van der Waals surface area contributed by atoms with Crippen LogP contribution in [0.4, 0.5) is 0 Å². The van der Waals surface area contributed by atoms with E-state index in [0.29, 0.717) is 6.61 Å². The summed E-state index contributed by atoms with van der Waals surface area (Å²) in [4.78, 5) is 12.0. The first-order valence-electron chi connectivity index (χ1n) is 9.94. The Hall–Kier alpha value is -0.950. The molecule has 0 aromatic heterocycles. The van der Waals surface area contributed by atoms with Crippen molar-refractivity contribution < 1.29 is 29.2 Å². The molecule has 2 N–H and O–H groups in total. The van der Waals surface area contributed by atoms with Gasteiger partial charge in [-0.15, -0.1) is 0 Å². The normalized spacial score (nSPS) is 57.2. The highest BCUT2D eigenvalue weighted by Crippen LogP contribution is 2.79. The van der Waals surface area contributed by atoms with Gasteiger partial charge in [-0.25, -0.2) is 4.79 Å². The zero-order valence-corrected chi connectivity index (χ0v) is 15.2. The van der Waals surface area contributed by atoms with Crippen LogP contribution in [0.5, 0.6) is 0 Å². The summed E-state index contributed by atoms with van der Waals surface area (Å²) >= 11 is 0. The Bertz CT molecular complexity index is 747. The van der Waals surface area contributed by atoms with Gasteiger partial charge in [0.15, 0.2) is 5.60 Å². The Kier molecular flexibility index (Phi) is 2.80. The molecule has 0 radical (unpaired) electrons. The lowest BCUT2D eigenvalue weighted by Crippen LogP contribution is -2.66. The molecular formula is C20H26O6. The van der Waals surface area contributed by atoms with E-state index in [-0.39, 0.29) is 48.0 Å². The molecule has 6 nitrogen and oxygen atoms in total. The quantitative estimate of drug-likeness (QED) is 0.561. The molecule has 6 heteroatoms. The van der Waals surface area contributed by atoms with Crippen molar-refractivity contribution in [2.24, 2.45) is 23.2 Å². The fraction of sp³-hybridized carbons (Fsp3) is 0.850. The van der Waals surface area contributed by atoms with Crippen LogP contribution in [0.25, 0.3) is 0 Å². The second-order valence-electron chi connectivity index (χ2n) is 9.53. The maximum absolute atomic E-state index is 12.0. The fourth-order valence-corrected chi connectivity index (χ4v) is 7.33. The van der Waals surface area contributed by atoms with E-state index in [9.17, 15) is 15.0 Å². The Labute approximate surface area is 152 Å². The van der Waals surface area contributed by atoms with E-state index in [1.54, 1.807) is 0 Å². The maximum atomic E-state index is 12.0. The first-order chi connectivity index (χ1) is 12.4. The van der Waals surface area contributed by atoms with Gasteiger partial charge in [-0.1, -0.05) is 13.8 Å². The van der Waals surface area contributed by atoms with E-state index < -0.39 is 17.3 Å². The van der Waals surface area contributed by atoms with Gasteiger partial charge in [-0.3, -0.25) is 0 Å². The van der Waals surface area contributed by atoms with Crippen molar-refractivity contribution in [3.8, 4) is 0 Å². The maximum Gasteiger partial charge on any atom is 0.334 e. The predicted molar refractivity (Wildman–Crippen MR) is 89.0 cm³/mol. The number of ether oxygens (including phenoxy) is 3. The van der Waals surface area contributed by atoms with Crippen molar-refractivity contribution in [1.82, 2.24) is 0 Å². The second kappa shape index (κ2) is 4.54. The molecule has 0 amide bonds. The summed E-state index contributed by atoms with van der Waals surface area (Å²) in [7, 11) is 0. The first-order valence-corrected chi connectivity index (χ1v) is 9.94. The fourth-order valence-electron chi connectivity index (χ4n) is 7.33. The second-order valence-corrected chi connectivity index (χ2v) is 9.53. The highest BCUT2D eigenvalue weighted by atomic mass is 16.7. The number of hydrogen-bond donors (Lipinski definition) is 2. The van der Waals surface area contributed by atoms with Gasteiger partial charge in [0, 0.05) is 17.6 Å². The van der Waals surface area contributed by atoms with Gasteiger partial charge in [0.05, 0.1) is 18.3 Å². The van der Waals surface area contributed by atoms with Crippen molar-refractivity contribution >= 4 is 5.97 Å². The van der Waals surface area contributed by atoms with Crippen molar-refractivity contribution in [2.75, 3.05) is 13.2 Å². The number of hydrogen-bond acceptors (Lipinski definition) is 6. The Balaban J connectivity index is 1.44. The van der Waals surface area contributed by atoms with Crippen LogP contribution in [0.15, 0.2) is 11.1 Å². The molecule has 6 rings (SSSR count). The van der Waals surface area contributed by atoms with E-state index in [0.717, 1.165) is 36.8 Å². The molecule has 26 heavy (non-hydrogen) atoms. The summed E-state index contributed by atoms with van der Waals surface area (Å²) in [5, 5.41) is 20.9. The van der Waals surface area contributed by atoms with Gasteiger partial charge in [0.1, 0.15) is 12.2 Å². The van der Waals surface area contributed by atoms with Crippen LogP contribution < -0.4 is 0 Å². The number of aliphatic hydroxyl groups excluding tert-OH is 2. The molecule has 2 saturated carbocycles. The molecule has 9 atom stereocenters. The molecule has 3 aliphatic heterocycles. The van der Waals surface area contributed by atoms with Crippen LogP contribution in [0, 0.1) is 23.2 Å². The van der Waals surface area contributed by atoms with E-state index in [2.05, 4.69) is 6.92 Å². The average Bonchev–Trinajstić information content (AvgIpc) is 3.50.